The molecule has 6 heteroatoms. The number of hydrogen-bond donors (Lipinski definition) is 1. The van der Waals surface area contributed by atoms with Crippen LogP contribution in [0, 0.1) is 0 Å². The van der Waals surface area contributed by atoms with Gasteiger partial charge in [0.25, 0.3) is 0 Å². The van der Waals surface area contributed by atoms with Crippen molar-refractivity contribution < 1.29 is 29.0 Å². The van der Waals surface area contributed by atoms with E-state index >= 15 is 0 Å². The van der Waals surface area contributed by atoms with E-state index in [1.165, 1.54) is 6.42 Å². The van der Waals surface area contributed by atoms with E-state index in [9.17, 15) is 14.4 Å². The van der Waals surface area contributed by atoms with Crippen LogP contribution in [-0.4, -0.2) is 35.7 Å². The molecule has 0 aromatic heterocycles. The predicted molar refractivity (Wildman–Crippen MR) is 81.3 cm³/mol. The SMILES string of the molecule is C=C(CC(=O)O[C@@H](C)CCCCCC)C(=O)OCCC(=O)O. The van der Waals surface area contributed by atoms with Gasteiger partial charge in [0.05, 0.1) is 18.9 Å². The van der Waals surface area contributed by atoms with Crippen molar-refractivity contribution in [1.82, 2.24) is 0 Å². The van der Waals surface area contributed by atoms with Crippen LogP contribution >= 0.6 is 0 Å². The molecule has 1 N–H and O–H groups in total. The minimum Gasteiger partial charge on any atom is -0.481 e. The van der Waals surface area contributed by atoms with Crippen molar-refractivity contribution in [3.8, 4) is 0 Å². The van der Waals surface area contributed by atoms with E-state index in [4.69, 9.17) is 9.84 Å². The quantitative estimate of drug-likeness (QED) is 0.338. The molecule has 0 aliphatic rings. The Hall–Kier alpha value is -1.85. The first-order valence-corrected chi connectivity index (χ1v) is 7.63. The summed E-state index contributed by atoms with van der Waals surface area (Å²) in [6.07, 6.45) is 4.50. The Labute approximate surface area is 131 Å². The summed E-state index contributed by atoms with van der Waals surface area (Å²) >= 11 is 0. The number of carbonyl (C=O) groups excluding carboxylic acids is 2. The average molecular weight is 314 g/mol. The van der Waals surface area contributed by atoms with Crippen LogP contribution in [0.2, 0.25) is 0 Å². The second-order valence-electron chi connectivity index (χ2n) is 5.21. The van der Waals surface area contributed by atoms with Gasteiger partial charge in [0.15, 0.2) is 0 Å². The van der Waals surface area contributed by atoms with Gasteiger partial charge >= 0.3 is 17.9 Å². The average Bonchev–Trinajstić information content (AvgIpc) is 2.42. The molecular formula is C16H26O6. The number of unbranched alkanes of at least 4 members (excludes halogenated alkanes) is 3. The van der Waals surface area contributed by atoms with E-state index in [2.05, 4.69) is 18.2 Å². The predicted octanol–water partition coefficient (Wildman–Crippen LogP) is 2.85. The fourth-order valence-corrected chi connectivity index (χ4v) is 1.76. The lowest BCUT2D eigenvalue weighted by Crippen LogP contribution is -2.18. The van der Waals surface area contributed by atoms with Crippen LogP contribution in [0.25, 0.3) is 0 Å². The third kappa shape index (κ3) is 10.9. The molecule has 6 nitrogen and oxygen atoms in total. The van der Waals surface area contributed by atoms with Gasteiger partial charge in [-0.15, -0.1) is 0 Å². The van der Waals surface area contributed by atoms with E-state index in [-0.39, 0.29) is 31.1 Å². The van der Waals surface area contributed by atoms with Crippen LogP contribution < -0.4 is 0 Å². The number of rotatable bonds is 12. The van der Waals surface area contributed by atoms with Gasteiger partial charge in [0, 0.05) is 5.57 Å². The minimum absolute atomic E-state index is 0.0337. The monoisotopic (exact) mass is 314 g/mol. The van der Waals surface area contributed by atoms with E-state index in [1.54, 1.807) is 0 Å². The smallest absolute Gasteiger partial charge is 0.334 e. The Bertz CT molecular complexity index is 388. The van der Waals surface area contributed by atoms with Gasteiger partial charge in [-0.05, 0) is 19.8 Å². The van der Waals surface area contributed by atoms with Crippen molar-refractivity contribution in [3.05, 3.63) is 12.2 Å². The summed E-state index contributed by atoms with van der Waals surface area (Å²) in [7, 11) is 0. The summed E-state index contributed by atoms with van der Waals surface area (Å²) in [6, 6.07) is 0. The van der Waals surface area contributed by atoms with Gasteiger partial charge in [-0.25, -0.2) is 4.79 Å². The largest absolute Gasteiger partial charge is 0.481 e. The zero-order valence-electron chi connectivity index (χ0n) is 13.4. The van der Waals surface area contributed by atoms with Crippen LogP contribution in [-0.2, 0) is 23.9 Å². The van der Waals surface area contributed by atoms with Gasteiger partial charge in [-0.2, -0.15) is 0 Å². The molecule has 0 rings (SSSR count). The highest BCUT2D eigenvalue weighted by Gasteiger charge is 2.16. The topological polar surface area (TPSA) is 89.9 Å². The van der Waals surface area contributed by atoms with Crippen molar-refractivity contribution in [2.45, 2.75) is 64.9 Å². The van der Waals surface area contributed by atoms with Crippen LogP contribution in [0.1, 0.15) is 58.8 Å². The highest BCUT2D eigenvalue weighted by atomic mass is 16.5. The molecular weight excluding hydrogens is 288 g/mol. The third-order valence-corrected chi connectivity index (χ3v) is 2.99. The Balaban J connectivity index is 3.91. The maximum absolute atomic E-state index is 11.7. The molecule has 126 valence electrons. The minimum atomic E-state index is -1.06. The molecule has 0 saturated carbocycles. The van der Waals surface area contributed by atoms with Gasteiger partial charge in [0.1, 0.15) is 6.61 Å². The Kier molecular flexibility index (Phi) is 10.8. The lowest BCUT2D eigenvalue weighted by molar-refractivity contribution is -0.150. The first kappa shape index (κ1) is 20.1. The molecule has 1 atom stereocenters. The van der Waals surface area contributed by atoms with Gasteiger partial charge in [-0.1, -0.05) is 32.8 Å². The summed E-state index contributed by atoms with van der Waals surface area (Å²) in [4.78, 5) is 33.4. The fourth-order valence-electron chi connectivity index (χ4n) is 1.76. The van der Waals surface area contributed by atoms with E-state index in [0.717, 1.165) is 25.7 Å². The second-order valence-corrected chi connectivity index (χ2v) is 5.21. The maximum Gasteiger partial charge on any atom is 0.334 e. The number of esters is 2. The van der Waals surface area contributed by atoms with Gasteiger partial charge < -0.3 is 14.6 Å². The van der Waals surface area contributed by atoms with Crippen LogP contribution in [0.3, 0.4) is 0 Å². The summed E-state index contributed by atoms with van der Waals surface area (Å²) in [5, 5.41) is 8.43. The maximum atomic E-state index is 11.7. The molecule has 0 aromatic carbocycles. The van der Waals surface area contributed by atoms with E-state index in [0.29, 0.717) is 0 Å². The fraction of sp³-hybridized carbons (Fsp3) is 0.688. The molecule has 0 bridgehead atoms. The van der Waals surface area contributed by atoms with Crippen molar-refractivity contribution in [2.75, 3.05) is 6.61 Å². The molecule has 0 aliphatic heterocycles. The lowest BCUT2D eigenvalue weighted by Gasteiger charge is -2.13. The standard InChI is InChI=1S/C16H26O6/c1-4-5-6-7-8-13(3)22-15(19)11-12(2)16(20)21-10-9-14(17)18/h13H,2,4-11H2,1,3H3,(H,17,18)/t13-/m0/s1. The summed E-state index contributed by atoms with van der Waals surface area (Å²) in [6.45, 7) is 7.17. The third-order valence-electron chi connectivity index (χ3n) is 2.99. The Morgan fingerprint density at radius 1 is 1.18 bits per heavy atom. The zero-order chi connectivity index (χ0) is 17.0. The normalized spacial score (nSPS) is 11.5. The number of hydrogen-bond acceptors (Lipinski definition) is 5. The molecule has 0 amide bonds. The van der Waals surface area contributed by atoms with Crippen LogP contribution in [0.15, 0.2) is 12.2 Å². The first-order valence-electron chi connectivity index (χ1n) is 7.63. The molecule has 0 aliphatic carbocycles. The van der Waals surface area contributed by atoms with E-state index in [1.807, 2.05) is 6.92 Å². The molecule has 0 heterocycles. The second kappa shape index (κ2) is 11.8. The summed E-state index contributed by atoms with van der Waals surface area (Å²) in [5.74, 6) is -2.35. The van der Waals surface area contributed by atoms with Crippen LogP contribution in [0.5, 0.6) is 0 Å². The van der Waals surface area contributed by atoms with Crippen molar-refractivity contribution in [3.63, 3.8) is 0 Å². The molecule has 0 fully saturated rings. The summed E-state index contributed by atoms with van der Waals surface area (Å²) in [5.41, 5.74) is -0.0337. The van der Waals surface area contributed by atoms with Crippen molar-refractivity contribution in [1.29, 1.82) is 0 Å². The lowest BCUT2D eigenvalue weighted by atomic mass is 10.1. The molecule has 0 spiro atoms. The molecule has 0 saturated heterocycles. The first-order chi connectivity index (χ1) is 10.4. The van der Waals surface area contributed by atoms with E-state index < -0.39 is 17.9 Å². The molecule has 0 radical (unpaired) electrons. The highest BCUT2D eigenvalue weighted by molar-refractivity contribution is 5.93. The van der Waals surface area contributed by atoms with Crippen LogP contribution in [0.4, 0.5) is 0 Å². The van der Waals surface area contributed by atoms with Gasteiger partial charge in [-0.3, -0.25) is 9.59 Å². The number of carboxylic acids is 1. The Morgan fingerprint density at radius 3 is 2.45 bits per heavy atom. The highest BCUT2D eigenvalue weighted by Crippen LogP contribution is 2.10. The van der Waals surface area contributed by atoms with Crippen molar-refractivity contribution >= 4 is 17.9 Å². The number of carboxylic acid groups (broad SMARTS) is 1. The molecule has 22 heavy (non-hydrogen) atoms. The van der Waals surface area contributed by atoms with Crippen molar-refractivity contribution in [2.24, 2.45) is 0 Å². The number of aliphatic carboxylic acids is 1. The Morgan fingerprint density at radius 2 is 1.86 bits per heavy atom. The number of carbonyl (C=O) groups is 3. The molecule has 0 aromatic rings. The summed E-state index contributed by atoms with van der Waals surface area (Å²) < 4.78 is 9.88. The van der Waals surface area contributed by atoms with Gasteiger partial charge in [0.2, 0.25) is 0 Å². The zero-order valence-corrected chi connectivity index (χ0v) is 13.4. The number of ether oxygens (including phenoxy) is 2. The molecule has 0 unspecified atom stereocenters.